The fourth-order valence-corrected chi connectivity index (χ4v) is 0.332. The zero-order valence-electron chi connectivity index (χ0n) is 4.38. The Balaban J connectivity index is 3.49. The summed E-state index contributed by atoms with van der Waals surface area (Å²) in [6.07, 6.45) is -0.763. The van der Waals surface area contributed by atoms with Gasteiger partial charge in [-0.15, -0.1) is 4.36 Å². The lowest BCUT2D eigenvalue weighted by Gasteiger charge is -1.89. The molecule has 0 spiro atoms. The van der Waals surface area contributed by atoms with Crippen molar-refractivity contribution in [3.63, 3.8) is 0 Å². The standard InChI is InChI=1S/C3H7NO3S/c1-2-7-3(5)4-8-6/h2,8H2,1H3. The van der Waals surface area contributed by atoms with E-state index in [1.54, 1.807) is 6.92 Å². The second-order valence-corrected chi connectivity index (χ2v) is 1.31. The lowest BCUT2D eigenvalue weighted by Crippen LogP contribution is -1.95. The summed E-state index contributed by atoms with van der Waals surface area (Å²) < 4.78 is 16.8. The maximum absolute atomic E-state index is 10.1. The molecule has 0 aromatic rings. The first-order valence-electron chi connectivity index (χ1n) is 2.06. The summed E-state index contributed by atoms with van der Waals surface area (Å²) in [7, 11) is 0. The van der Waals surface area contributed by atoms with Crippen molar-refractivity contribution < 1.29 is 13.7 Å². The maximum atomic E-state index is 10.1. The van der Waals surface area contributed by atoms with Crippen LogP contribution in [-0.2, 0) is 16.2 Å². The van der Waals surface area contributed by atoms with E-state index in [0.29, 0.717) is 0 Å². The summed E-state index contributed by atoms with van der Waals surface area (Å²) in [5, 5.41) is 0. The Morgan fingerprint density at radius 1 is 1.88 bits per heavy atom. The topological polar surface area (TPSA) is 55.7 Å². The highest BCUT2D eigenvalue weighted by molar-refractivity contribution is 7.55. The van der Waals surface area contributed by atoms with Crippen LogP contribution in [0.1, 0.15) is 6.92 Å². The lowest BCUT2D eigenvalue weighted by atomic mass is 10.9. The van der Waals surface area contributed by atoms with Gasteiger partial charge in [-0.1, -0.05) is 0 Å². The van der Waals surface area contributed by atoms with Crippen molar-refractivity contribution in [1.82, 2.24) is 0 Å². The van der Waals surface area contributed by atoms with Crippen LogP contribution in [0.5, 0.6) is 0 Å². The highest BCUT2D eigenvalue weighted by Crippen LogP contribution is 1.79. The summed E-state index contributed by atoms with van der Waals surface area (Å²) in [6, 6.07) is 0. The SMILES string of the molecule is CCOC(=O)N=[SH2]=O. The molecule has 0 fully saturated rings. The van der Waals surface area contributed by atoms with Crippen LogP contribution < -0.4 is 0 Å². The molecule has 0 atom stereocenters. The lowest BCUT2D eigenvalue weighted by molar-refractivity contribution is 0.164. The molecule has 0 aliphatic rings. The zero-order chi connectivity index (χ0) is 6.41. The van der Waals surface area contributed by atoms with Gasteiger partial charge in [-0.3, -0.25) is 4.21 Å². The molecule has 0 aromatic carbocycles. The van der Waals surface area contributed by atoms with Crippen LogP contribution in [0.25, 0.3) is 0 Å². The average molecular weight is 137 g/mol. The van der Waals surface area contributed by atoms with Crippen molar-refractivity contribution >= 4 is 17.6 Å². The normalized spacial score (nSPS) is 9.62. The van der Waals surface area contributed by atoms with Crippen LogP contribution in [0.3, 0.4) is 0 Å². The minimum Gasteiger partial charge on any atom is -0.448 e. The quantitative estimate of drug-likeness (QED) is 0.511. The molecule has 0 saturated carbocycles. The molecule has 0 bridgehead atoms. The molecule has 0 rings (SSSR count). The molecule has 0 heterocycles. The van der Waals surface area contributed by atoms with Crippen molar-refractivity contribution in [2.75, 3.05) is 6.61 Å². The number of hydrogen-bond donors (Lipinski definition) is 0. The minimum absolute atomic E-state index is 0.271. The Morgan fingerprint density at radius 2 is 2.50 bits per heavy atom. The van der Waals surface area contributed by atoms with E-state index in [-0.39, 0.29) is 6.61 Å². The molecule has 0 saturated heterocycles. The van der Waals surface area contributed by atoms with Gasteiger partial charge in [0, 0.05) is 11.5 Å². The van der Waals surface area contributed by atoms with E-state index in [2.05, 4.69) is 9.10 Å². The molecule has 0 N–H and O–H groups in total. The summed E-state index contributed by atoms with van der Waals surface area (Å²) in [4.78, 5) is 10.1. The molecule has 48 valence electrons. The second kappa shape index (κ2) is 4.58. The average Bonchev–Trinajstić information content (AvgIpc) is 1.68. The fourth-order valence-electron chi connectivity index (χ4n) is 0.193. The van der Waals surface area contributed by atoms with E-state index in [1.807, 2.05) is 0 Å². The van der Waals surface area contributed by atoms with Crippen LogP contribution >= 0.6 is 0 Å². The van der Waals surface area contributed by atoms with E-state index in [1.165, 1.54) is 0 Å². The first-order valence-corrected chi connectivity index (χ1v) is 2.91. The van der Waals surface area contributed by atoms with Gasteiger partial charge < -0.3 is 4.74 Å². The van der Waals surface area contributed by atoms with Gasteiger partial charge in [-0.05, 0) is 6.92 Å². The van der Waals surface area contributed by atoms with E-state index in [0.717, 1.165) is 0 Å². The van der Waals surface area contributed by atoms with Crippen LogP contribution in [0.4, 0.5) is 4.79 Å². The third-order valence-electron chi connectivity index (χ3n) is 0.405. The molecule has 0 aromatic heterocycles. The Labute approximate surface area is 50.1 Å². The minimum atomic E-state index is -0.952. The van der Waals surface area contributed by atoms with E-state index < -0.39 is 17.6 Å². The highest BCUT2D eigenvalue weighted by atomic mass is 32.1. The van der Waals surface area contributed by atoms with Gasteiger partial charge in [-0.25, -0.2) is 4.79 Å². The molecule has 0 aliphatic carbocycles. The number of carbonyl (C=O) groups is 1. The molecule has 1 amide bonds. The van der Waals surface area contributed by atoms with Crippen molar-refractivity contribution in [2.45, 2.75) is 6.92 Å². The third-order valence-corrected chi connectivity index (χ3v) is 0.679. The largest absolute Gasteiger partial charge is 0.448 e. The van der Waals surface area contributed by atoms with Gasteiger partial charge in [0.25, 0.3) is 0 Å². The Kier molecular flexibility index (Phi) is 4.24. The molecule has 0 unspecified atom stereocenters. The van der Waals surface area contributed by atoms with Crippen LogP contribution in [-0.4, -0.2) is 16.9 Å². The molecular formula is C3H7NO3S. The van der Waals surface area contributed by atoms with Gasteiger partial charge in [0.05, 0.1) is 6.61 Å². The summed E-state index contributed by atoms with van der Waals surface area (Å²) in [6.45, 7) is 1.92. The zero-order valence-corrected chi connectivity index (χ0v) is 5.38. The van der Waals surface area contributed by atoms with Crippen LogP contribution in [0, 0.1) is 0 Å². The number of rotatable bonds is 1. The van der Waals surface area contributed by atoms with Crippen molar-refractivity contribution in [1.29, 1.82) is 0 Å². The fraction of sp³-hybridized carbons (Fsp3) is 0.667. The van der Waals surface area contributed by atoms with Gasteiger partial charge in [0.15, 0.2) is 0 Å². The summed E-state index contributed by atoms with van der Waals surface area (Å²) in [5.41, 5.74) is 0. The second-order valence-electron chi connectivity index (χ2n) is 0.902. The third kappa shape index (κ3) is 3.60. The molecule has 4 nitrogen and oxygen atoms in total. The molecule has 5 heteroatoms. The Hall–Kier alpha value is -0.580. The predicted octanol–water partition coefficient (Wildman–Crippen LogP) is 0.00410. The summed E-state index contributed by atoms with van der Waals surface area (Å²) >= 11 is -0.952. The van der Waals surface area contributed by atoms with E-state index in [9.17, 15) is 9.00 Å². The molecule has 0 radical (unpaired) electrons. The molecular weight excluding hydrogens is 130 g/mol. The monoisotopic (exact) mass is 137 g/mol. The highest BCUT2D eigenvalue weighted by Gasteiger charge is 1.90. The smallest absolute Gasteiger partial charge is 0.441 e. The first kappa shape index (κ1) is 7.42. The molecule has 8 heavy (non-hydrogen) atoms. The van der Waals surface area contributed by atoms with E-state index >= 15 is 0 Å². The first-order chi connectivity index (χ1) is 3.81. The Morgan fingerprint density at radius 3 is 2.88 bits per heavy atom. The number of hydrogen-bond acceptors (Lipinski definition) is 3. The van der Waals surface area contributed by atoms with Crippen LogP contribution in [0.2, 0.25) is 0 Å². The number of carbonyl (C=O) groups excluding carboxylic acids is 1. The number of nitrogens with zero attached hydrogens (tertiary/aromatic N) is 1. The van der Waals surface area contributed by atoms with Crippen molar-refractivity contribution in [3.05, 3.63) is 0 Å². The van der Waals surface area contributed by atoms with Gasteiger partial charge in [-0.2, -0.15) is 0 Å². The predicted molar refractivity (Wildman–Crippen MR) is 30.4 cm³/mol. The molecule has 0 aliphatic heterocycles. The van der Waals surface area contributed by atoms with Crippen LogP contribution in [0.15, 0.2) is 4.36 Å². The van der Waals surface area contributed by atoms with Crippen molar-refractivity contribution in [3.8, 4) is 0 Å². The van der Waals surface area contributed by atoms with Crippen molar-refractivity contribution in [2.24, 2.45) is 4.36 Å². The number of amides is 1. The van der Waals surface area contributed by atoms with E-state index in [4.69, 9.17) is 0 Å². The Bertz CT molecular complexity index is 128. The number of ether oxygens (including phenoxy) is 1. The van der Waals surface area contributed by atoms with Gasteiger partial charge in [0.1, 0.15) is 0 Å². The van der Waals surface area contributed by atoms with Gasteiger partial charge >= 0.3 is 6.09 Å². The summed E-state index contributed by atoms with van der Waals surface area (Å²) in [5.74, 6) is 0. The maximum Gasteiger partial charge on any atom is 0.441 e. The van der Waals surface area contributed by atoms with Gasteiger partial charge in [0.2, 0.25) is 0 Å².